The van der Waals surface area contributed by atoms with E-state index in [2.05, 4.69) is 10.5 Å². The summed E-state index contributed by atoms with van der Waals surface area (Å²) in [5.41, 5.74) is 4.23. The fraction of sp³-hybridized carbons (Fsp3) is 0.300. The smallest absolute Gasteiger partial charge is 0.295 e. The van der Waals surface area contributed by atoms with E-state index in [0.29, 0.717) is 36.1 Å². The van der Waals surface area contributed by atoms with Gasteiger partial charge in [0.15, 0.2) is 6.54 Å². The number of halogens is 1. The quantitative estimate of drug-likeness (QED) is 0.517. The zero-order valence-corrected chi connectivity index (χ0v) is 17.7. The van der Waals surface area contributed by atoms with Crippen molar-refractivity contribution in [3.05, 3.63) is 64.7 Å². The van der Waals surface area contributed by atoms with Gasteiger partial charge in [-0.3, -0.25) is 4.79 Å². The monoisotopic (exact) mass is 435 g/mol. The first-order chi connectivity index (χ1) is 13.9. The van der Waals surface area contributed by atoms with Gasteiger partial charge in [0.1, 0.15) is 0 Å². The van der Waals surface area contributed by atoms with Crippen LogP contribution < -0.4 is 10.3 Å². The zero-order chi connectivity index (χ0) is 20.9. The number of carbonyl (C=O) groups excluding carboxylic acids is 1. The maximum atomic E-state index is 12.7. The molecule has 1 aliphatic heterocycles. The summed E-state index contributed by atoms with van der Waals surface area (Å²) in [6, 6.07) is 14.1. The first-order valence-electron chi connectivity index (χ1n) is 9.33. The molecule has 1 aliphatic rings. The number of carbonyl (C=O) groups is 1. The predicted molar refractivity (Wildman–Crippen MR) is 113 cm³/mol. The highest BCUT2D eigenvalue weighted by atomic mass is 35.5. The van der Waals surface area contributed by atoms with E-state index in [1.165, 1.54) is 10.5 Å². The zero-order valence-electron chi connectivity index (χ0n) is 16.1. The average molecular weight is 436 g/mol. The Morgan fingerprint density at radius 2 is 1.83 bits per heavy atom. The van der Waals surface area contributed by atoms with Crippen molar-refractivity contribution in [1.82, 2.24) is 9.73 Å². The molecule has 0 unspecified atom stereocenters. The van der Waals surface area contributed by atoms with Gasteiger partial charge in [-0.05, 0) is 25.1 Å². The number of rotatable bonds is 6. The van der Waals surface area contributed by atoms with Crippen molar-refractivity contribution in [2.45, 2.75) is 11.8 Å². The Labute approximate surface area is 176 Å². The second-order valence-corrected chi connectivity index (χ2v) is 9.30. The molecule has 9 heteroatoms. The van der Waals surface area contributed by atoms with Crippen molar-refractivity contribution >= 4 is 33.7 Å². The first-order valence-corrected chi connectivity index (χ1v) is 11.1. The van der Waals surface area contributed by atoms with E-state index in [1.54, 1.807) is 36.4 Å². The molecule has 1 amide bonds. The van der Waals surface area contributed by atoms with Crippen LogP contribution in [0.3, 0.4) is 0 Å². The van der Waals surface area contributed by atoms with Crippen molar-refractivity contribution in [3.8, 4) is 0 Å². The molecular weight excluding hydrogens is 412 g/mol. The Balaban J connectivity index is 1.48. The van der Waals surface area contributed by atoms with Crippen LogP contribution in [0.2, 0.25) is 5.02 Å². The normalized spacial score (nSPS) is 16.2. The summed E-state index contributed by atoms with van der Waals surface area (Å²) < 4.78 is 27.0. The molecule has 1 fully saturated rings. The average Bonchev–Trinajstić information content (AvgIpc) is 2.70. The minimum Gasteiger partial charge on any atom is -0.325 e. The third kappa shape index (κ3) is 5.63. The van der Waals surface area contributed by atoms with Crippen LogP contribution >= 0.6 is 11.6 Å². The summed E-state index contributed by atoms with van der Waals surface area (Å²) in [4.78, 5) is 13.4. The molecule has 154 valence electrons. The van der Waals surface area contributed by atoms with E-state index in [-0.39, 0.29) is 12.5 Å². The van der Waals surface area contributed by atoms with Crippen LogP contribution in [0.5, 0.6) is 0 Å². The van der Waals surface area contributed by atoms with Crippen molar-refractivity contribution < 1.29 is 18.1 Å². The van der Waals surface area contributed by atoms with Gasteiger partial charge in [-0.15, -0.1) is 0 Å². The number of hydrogen-bond donors (Lipinski definition) is 2. The number of amides is 1. The molecule has 0 bridgehead atoms. The summed E-state index contributed by atoms with van der Waals surface area (Å²) in [5, 5.41) is 4.50. The van der Waals surface area contributed by atoms with Gasteiger partial charge < -0.3 is 4.90 Å². The number of hydrogen-bond acceptors (Lipinski definition) is 4. The second-order valence-electron chi connectivity index (χ2n) is 6.96. The Kier molecular flexibility index (Phi) is 7.02. The number of hydrazone groups is 1. The first kappa shape index (κ1) is 21.4. The van der Waals surface area contributed by atoms with Crippen LogP contribution in [-0.2, 0) is 14.8 Å². The predicted octanol–water partition coefficient (Wildman–Crippen LogP) is 0.688. The Morgan fingerprint density at radius 3 is 2.48 bits per heavy atom. The lowest BCUT2D eigenvalue weighted by Gasteiger charge is -2.31. The highest BCUT2D eigenvalue weighted by Gasteiger charge is 2.31. The summed E-state index contributed by atoms with van der Waals surface area (Å²) in [5.74, 6) is -0.224. The minimum absolute atomic E-state index is 0.224. The second kappa shape index (κ2) is 9.49. The molecule has 0 spiro atoms. The van der Waals surface area contributed by atoms with Gasteiger partial charge in [0.05, 0.1) is 37.3 Å². The van der Waals surface area contributed by atoms with Gasteiger partial charge in [0.2, 0.25) is 10.0 Å². The number of quaternary nitrogens is 1. The molecule has 3 rings (SSSR count). The minimum atomic E-state index is -3.50. The van der Waals surface area contributed by atoms with Gasteiger partial charge in [-0.1, -0.05) is 47.5 Å². The van der Waals surface area contributed by atoms with E-state index in [1.807, 2.05) is 19.1 Å². The van der Waals surface area contributed by atoms with Crippen molar-refractivity contribution in [2.75, 3.05) is 32.7 Å². The topological polar surface area (TPSA) is 83.3 Å². The molecule has 0 aliphatic carbocycles. The molecule has 0 saturated carbocycles. The lowest BCUT2D eigenvalue weighted by Crippen LogP contribution is -3.15. The van der Waals surface area contributed by atoms with Crippen molar-refractivity contribution in [1.29, 1.82) is 0 Å². The van der Waals surface area contributed by atoms with Crippen LogP contribution in [0.1, 0.15) is 11.1 Å². The van der Waals surface area contributed by atoms with Crippen molar-refractivity contribution in [3.63, 3.8) is 0 Å². The summed E-state index contributed by atoms with van der Waals surface area (Å²) in [7, 11) is -3.50. The number of nitrogens with one attached hydrogen (secondary N) is 2. The summed E-state index contributed by atoms with van der Waals surface area (Å²) in [6.45, 7) is 4.03. The Morgan fingerprint density at radius 1 is 1.17 bits per heavy atom. The molecule has 0 atom stereocenters. The summed E-state index contributed by atoms with van der Waals surface area (Å²) in [6.07, 6.45) is 1.50. The van der Waals surface area contributed by atoms with Gasteiger partial charge in [-0.25, -0.2) is 13.8 Å². The maximum absolute atomic E-state index is 12.7. The van der Waals surface area contributed by atoms with E-state index < -0.39 is 10.0 Å². The molecule has 2 aromatic carbocycles. The molecule has 0 aromatic heterocycles. The highest BCUT2D eigenvalue weighted by Crippen LogP contribution is 2.16. The standard InChI is InChI=1S/C20H23ClN4O3S/c1-16-6-8-18(9-7-16)29(27,28)25-12-10-24(11-13-25)15-20(26)23-22-14-17-4-2-3-5-19(17)21/h2-9,14H,10-13,15H2,1H3,(H,23,26)/p+1/b22-14-. The molecule has 1 heterocycles. The molecule has 2 aromatic rings. The number of benzene rings is 2. The third-order valence-corrected chi connectivity index (χ3v) is 7.05. The maximum Gasteiger partial charge on any atom is 0.295 e. The van der Waals surface area contributed by atoms with Gasteiger partial charge in [-0.2, -0.15) is 9.41 Å². The third-order valence-electron chi connectivity index (χ3n) is 4.80. The van der Waals surface area contributed by atoms with E-state index >= 15 is 0 Å². The number of aryl methyl sites for hydroxylation is 1. The number of piperazine rings is 1. The fourth-order valence-corrected chi connectivity index (χ4v) is 4.73. The van der Waals surface area contributed by atoms with Gasteiger partial charge in [0, 0.05) is 10.6 Å². The van der Waals surface area contributed by atoms with Crippen LogP contribution in [0.25, 0.3) is 0 Å². The fourth-order valence-electron chi connectivity index (χ4n) is 3.10. The van der Waals surface area contributed by atoms with E-state index in [0.717, 1.165) is 16.0 Å². The Bertz CT molecular complexity index is 985. The number of sulfonamides is 1. The van der Waals surface area contributed by atoms with E-state index in [4.69, 9.17) is 11.6 Å². The largest absolute Gasteiger partial charge is 0.325 e. The van der Waals surface area contributed by atoms with Gasteiger partial charge >= 0.3 is 0 Å². The van der Waals surface area contributed by atoms with Crippen LogP contribution in [0.4, 0.5) is 0 Å². The molecule has 1 saturated heterocycles. The SMILES string of the molecule is Cc1ccc(S(=O)(=O)N2CC[NH+](CC(=O)N/N=C\c3ccccc3Cl)CC2)cc1. The van der Waals surface area contributed by atoms with E-state index in [9.17, 15) is 13.2 Å². The van der Waals surface area contributed by atoms with Crippen LogP contribution in [0.15, 0.2) is 58.5 Å². The Hall–Kier alpha value is -2.26. The van der Waals surface area contributed by atoms with Gasteiger partial charge in [0.25, 0.3) is 5.91 Å². The molecule has 2 N–H and O–H groups in total. The lowest BCUT2D eigenvalue weighted by atomic mass is 10.2. The van der Waals surface area contributed by atoms with Crippen LogP contribution in [0, 0.1) is 6.92 Å². The lowest BCUT2D eigenvalue weighted by molar-refractivity contribution is -0.895. The summed E-state index contributed by atoms with van der Waals surface area (Å²) >= 11 is 6.04. The van der Waals surface area contributed by atoms with Crippen molar-refractivity contribution in [2.24, 2.45) is 5.10 Å². The molecular formula is C20H24ClN4O3S+. The molecule has 29 heavy (non-hydrogen) atoms. The highest BCUT2D eigenvalue weighted by molar-refractivity contribution is 7.89. The molecule has 0 radical (unpaired) electrons. The number of nitrogens with zero attached hydrogens (tertiary/aromatic N) is 2. The molecule has 7 nitrogen and oxygen atoms in total. The van der Waals surface area contributed by atoms with Crippen LogP contribution in [-0.4, -0.2) is 57.6 Å².